The summed E-state index contributed by atoms with van der Waals surface area (Å²) in [5.74, 6) is 1.23. The van der Waals surface area contributed by atoms with Crippen molar-refractivity contribution in [2.75, 3.05) is 0 Å². The monoisotopic (exact) mass is 285 g/mol. The van der Waals surface area contributed by atoms with Gasteiger partial charge in [0.25, 0.3) is 0 Å². The van der Waals surface area contributed by atoms with E-state index in [0.717, 1.165) is 21.5 Å². The van der Waals surface area contributed by atoms with Crippen molar-refractivity contribution in [3.63, 3.8) is 0 Å². The van der Waals surface area contributed by atoms with Gasteiger partial charge in [-0.05, 0) is 40.5 Å². The van der Waals surface area contributed by atoms with E-state index in [0.29, 0.717) is 5.88 Å². The maximum Gasteiger partial charge on any atom is 0.153 e. The van der Waals surface area contributed by atoms with Gasteiger partial charge in [0, 0.05) is 22.7 Å². The largest absolute Gasteiger partial charge is 0.236 e. The Kier molecular flexibility index (Phi) is 3.07. The highest BCUT2D eigenvalue weighted by atomic mass is 79.9. The number of hydrogen-bond donors (Lipinski definition) is 0. The van der Waals surface area contributed by atoms with Crippen LogP contribution in [-0.4, -0.2) is 14.8 Å². The Bertz CT molecular complexity index is 481. The molecule has 0 bridgehead atoms. The highest BCUT2D eigenvalue weighted by molar-refractivity contribution is 9.10. The zero-order valence-corrected chi connectivity index (χ0v) is 10.5. The van der Waals surface area contributed by atoms with Gasteiger partial charge in [0.2, 0.25) is 0 Å². The van der Waals surface area contributed by atoms with Gasteiger partial charge in [0.1, 0.15) is 0 Å². The quantitative estimate of drug-likeness (QED) is 0.794. The number of rotatable bonds is 2. The first-order chi connectivity index (χ1) is 7.20. The molecule has 2 aromatic rings. The minimum absolute atomic E-state index is 0.455. The number of nitrogens with zero attached hydrogens (tertiary/aromatic N) is 3. The van der Waals surface area contributed by atoms with Gasteiger partial charge >= 0.3 is 0 Å². The van der Waals surface area contributed by atoms with E-state index in [1.165, 1.54) is 0 Å². The summed E-state index contributed by atoms with van der Waals surface area (Å²) >= 11 is 9.20. The first-order valence-corrected chi connectivity index (χ1v) is 5.76. The highest BCUT2D eigenvalue weighted by Crippen LogP contribution is 2.19. The van der Waals surface area contributed by atoms with Crippen molar-refractivity contribution in [3.05, 3.63) is 40.3 Å². The average Bonchev–Trinajstić information content (AvgIpc) is 2.66. The highest BCUT2D eigenvalue weighted by Gasteiger charge is 2.04. The van der Waals surface area contributed by atoms with E-state index in [-0.39, 0.29) is 0 Å². The molecule has 0 aliphatic rings. The van der Waals surface area contributed by atoms with E-state index < -0.39 is 0 Å². The lowest BCUT2D eigenvalue weighted by Crippen LogP contribution is -1.99. The third kappa shape index (κ3) is 2.21. The smallest absolute Gasteiger partial charge is 0.153 e. The van der Waals surface area contributed by atoms with E-state index >= 15 is 0 Å². The number of pyridine rings is 1. The van der Waals surface area contributed by atoms with Gasteiger partial charge in [-0.2, -0.15) is 5.10 Å². The molecule has 0 atom stereocenters. The van der Waals surface area contributed by atoms with Gasteiger partial charge in [-0.3, -0.25) is 0 Å². The van der Waals surface area contributed by atoms with Crippen molar-refractivity contribution in [3.8, 4) is 5.82 Å². The molecule has 2 aromatic heterocycles. The molecule has 0 aromatic carbocycles. The molecular formula is C10H9BrClN3. The van der Waals surface area contributed by atoms with Gasteiger partial charge in [-0.15, -0.1) is 11.6 Å². The molecule has 0 saturated carbocycles. The third-order valence-electron chi connectivity index (χ3n) is 2.02. The Labute approximate surface area is 101 Å². The zero-order valence-electron chi connectivity index (χ0n) is 8.11. The van der Waals surface area contributed by atoms with Crippen molar-refractivity contribution >= 4 is 27.5 Å². The molecule has 2 heterocycles. The predicted molar refractivity (Wildman–Crippen MR) is 63.4 cm³/mol. The van der Waals surface area contributed by atoms with Crippen LogP contribution in [0.5, 0.6) is 0 Å². The van der Waals surface area contributed by atoms with Gasteiger partial charge < -0.3 is 0 Å². The first kappa shape index (κ1) is 10.6. The lowest BCUT2D eigenvalue weighted by Gasteiger charge is -2.04. The van der Waals surface area contributed by atoms with Crippen molar-refractivity contribution in [2.24, 2.45) is 0 Å². The van der Waals surface area contributed by atoms with Crippen LogP contribution < -0.4 is 0 Å². The van der Waals surface area contributed by atoms with Gasteiger partial charge in [0.05, 0.1) is 5.69 Å². The van der Waals surface area contributed by atoms with Gasteiger partial charge in [-0.25, -0.2) is 9.67 Å². The fourth-order valence-electron chi connectivity index (χ4n) is 1.24. The van der Waals surface area contributed by atoms with Crippen molar-refractivity contribution in [1.82, 2.24) is 14.8 Å². The summed E-state index contributed by atoms with van der Waals surface area (Å²) in [6.45, 7) is 1.94. The maximum absolute atomic E-state index is 5.81. The molecule has 78 valence electrons. The molecule has 0 spiro atoms. The summed E-state index contributed by atoms with van der Waals surface area (Å²) in [7, 11) is 0. The van der Waals surface area contributed by atoms with Crippen LogP contribution in [-0.2, 0) is 5.88 Å². The lowest BCUT2D eigenvalue weighted by molar-refractivity contribution is 0.829. The van der Waals surface area contributed by atoms with Crippen LogP contribution in [0, 0.1) is 6.92 Å². The molecule has 0 aliphatic heterocycles. The lowest BCUT2D eigenvalue weighted by atomic mass is 10.3. The molecule has 0 radical (unpaired) electrons. The Hall–Kier alpha value is -0.870. The second kappa shape index (κ2) is 4.33. The number of aromatic nitrogens is 3. The normalized spacial score (nSPS) is 10.6. The molecule has 0 saturated heterocycles. The summed E-state index contributed by atoms with van der Waals surface area (Å²) in [5.41, 5.74) is 1.97. The van der Waals surface area contributed by atoms with E-state index in [9.17, 15) is 0 Å². The Morgan fingerprint density at radius 1 is 1.53 bits per heavy atom. The van der Waals surface area contributed by atoms with Crippen LogP contribution in [0.4, 0.5) is 0 Å². The van der Waals surface area contributed by atoms with E-state index in [4.69, 9.17) is 11.6 Å². The van der Waals surface area contributed by atoms with E-state index in [2.05, 4.69) is 26.0 Å². The molecule has 0 amide bonds. The van der Waals surface area contributed by atoms with E-state index in [1.54, 1.807) is 10.9 Å². The minimum Gasteiger partial charge on any atom is -0.236 e. The molecule has 0 fully saturated rings. The average molecular weight is 287 g/mol. The minimum atomic E-state index is 0.455. The molecule has 2 rings (SSSR count). The molecular weight excluding hydrogens is 277 g/mol. The summed E-state index contributed by atoms with van der Waals surface area (Å²) in [6.07, 6.45) is 3.62. The maximum atomic E-state index is 5.81. The van der Waals surface area contributed by atoms with Crippen molar-refractivity contribution in [1.29, 1.82) is 0 Å². The van der Waals surface area contributed by atoms with Crippen LogP contribution in [0.15, 0.2) is 29.0 Å². The van der Waals surface area contributed by atoms with Gasteiger partial charge in [-0.1, -0.05) is 0 Å². The summed E-state index contributed by atoms with van der Waals surface area (Å²) < 4.78 is 2.66. The van der Waals surface area contributed by atoms with Crippen LogP contribution in [0.1, 0.15) is 11.3 Å². The standard InChI is InChI=1S/C10H9BrClN3/c1-7-2-3-15(14-7)10-4-8(5-12)9(11)6-13-10/h2-4,6H,5H2,1H3. The van der Waals surface area contributed by atoms with Crippen LogP contribution in [0.3, 0.4) is 0 Å². The van der Waals surface area contributed by atoms with Crippen LogP contribution >= 0.6 is 27.5 Å². The fourth-order valence-corrected chi connectivity index (χ4v) is 1.98. The first-order valence-electron chi connectivity index (χ1n) is 4.44. The van der Waals surface area contributed by atoms with Crippen LogP contribution in [0.2, 0.25) is 0 Å². The summed E-state index contributed by atoms with van der Waals surface area (Å²) in [4.78, 5) is 4.27. The zero-order chi connectivity index (χ0) is 10.8. The van der Waals surface area contributed by atoms with Crippen LogP contribution in [0.25, 0.3) is 5.82 Å². The van der Waals surface area contributed by atoms with E-state index in [1.807, 2.05) is 25.3 Å². The fraction of sp³-hybridized carbons (Fsp3) is 0.200. The SMILES string of the molecule is Cc1ccn(-c2cc(CCl)c(Br)cn2)n1. The third-order valence-corrected chi connectivity index (χ3v) is 3.02. The van der Waals surface area contributed by atoms with Crippen molar-refractivity contribution < 1.29 is 0 Å². The second-order valence-electron chi connectivity index (χ2n) is 3.17. The molecule has 0 unspecified atom stereocenters. The molecule has 5 heteroatoms. The molecule has 0 N–H and O–H groups in total. The molecule has 15 heavy (non-hydrogen) atoms. The van der Waals surface area contributed by atoms with Crippen molar-refractivity contribution in [2.45, 2.75) is 12.8 Å². The van der Waals surface area contributed by atoms with Gasteiger partial charge in [0.15, 0.2) is 5.82 Å². The summed E-state index contributed by atoms with van der Waals surface area (Å²) in [5, 5.41) is 4.28. The second-order valence-corrected chi connectivity index (χ2v) is 4.29. The number of alkyl halides is 1. The number of aryl methyl sites for hydroxylation is 1. The molecule has 0 aliphatic carbocycles. The Morgan fingerprint density at radius 2 is 2.33 bits per heavy atom. The number of halogens is 2. The molecule has 3 nitrogen and oxygen atoms in total. The Balaban J connectivity index is 2.45. The number of hydrogen-bond acceptors (Lipinski definition) is 2. The summed E-state index contributed by atoms with van der Waals surface area (Å²) in [6, 6.07) is 3.85. The predicted octanol–water partition coefficient (Wildman–Crippen LogP) is 3.08. The Morgan fingerprint density at radius 3 is 2.93 bits per heavy atom. The topological polar surface area (TPSA) is 30.7 Å².